The zero-order valence-corrected chi connectivity index (χ0v) is 8.41. The molecule has 0 nitrogen and oxygen atoms in total. The predicted molar refractivity (Wildman–Crippen MR) is 46.1 cm³/mol. The van der Waals surface area contributed by atoms with Gasteiger partial charge in [0.15, 0.2) is 0 Å². The van der Waals surface area contributed by atoms with Crippen molar-refractivity contribution in [3.05, 3.63) is 0 Å². The van der Waals surface area contributed by atoms with Crippen LogP contribution in [0.15, 0.2) is 0 Å². The van der Waals surface area contributed by atoms with Crippen molar-refractivity contribution < 1.29 is 0 Å². The normalized spacial score (nSPS) is 12.0. The molecule has 0 heterocycles. The first-order valence-corrected chi connectivity index (χ1v) is 8.81. The van der Waals surface area contributed by atoms with Crippen molar-refractivity contribution in [2.75, 3.05) is 5.75 Å². The molecule has 0 radical (unpaired) electrons. The lowest BCUT2D eigenvalue weighted by atomic mass is 10.6. The third kappa shape index (κ3) is 7.15. The predicted octanol–water partition coefficient (Wildman–Crippen LogP) is 3.18. The van der Waals surface area contributed by atoms with E-state index in [0.29, 0.717) is 0 Å². The van der Waals surface area contributed by atoms with Crippen LogP contribution in [-0.2, 0) is 0 Å². The number of rotatable bonds is 3. The van der Waals surface area contributed by atoms with Gasteiger partial charge in [-0.05, 0) is 18.7 Å². The Hall–Kier alpha value is 1.15. The lowest BCUT2D eigenvalue weighted by molar-refractivity contribution is 1.11. The van der Waals surface area contributed by atoms with Gasteiger partial charge < -0.3 is 0 Å². The molecule has 0 aliphatic carbocycles. The summed E-state index contributed by atoms with van der Waals surface area (Å²) in [6.45, 7) is 4.05. The Labute approximate surface area is 65.0 Å². The van der Waals surface area contributed by atoms with Crippen LogP contribution in [-0.4, -0.2) is 11.6 Å². The molecule has 0 rings (SSSR count). The number of hydrogen-bond donors (Lipinski definition) is 0. The highest BCUT2D eigenvalue weighted by Crippen LogP contribution is 2.28. The van der Waals surface area contributed by atoms with E-state index >= 15 is 0 Å². The van der Waals surface area contributed by atoms with Gasteiger partial charge in [0.25, 0.3) is 0 Å². The van der Waals surface area contributed by atoms with Gasteiger partial charge in [0.1, 0.15) is 0 Å². The molecule has 0 aliphatic rings. The molecule has 0 fully saturated rings. The third-order valence-electron chi connectivity index (χ3n) is 0.560. The molecule has 0 atom stereocenters. The zero-order valence-electron chi connectivity index (χ0n) is 5.08. The fraction of sp³-hybridized carbons (Fsp3) is 1.00. The van der Waals surface area contributed by atoms with Crippen molar-refractivity contribution in [2.24, 2.45) is 0 Å². The first-order chi connectivity index (χ1) is 3.56. The van der Waals surface area contributed by atoms with Gasteiger partial charge in [-0.2, -0.15) is 11.2 Å². The van der Waals surface area contributed by atoms with Crippen LogP contribution < -0.4 is 0 Å². The minimum atomic E-state index is -1.82. The Morgan fingerprint density at radius 2 is 2.00 bits per heavy atom. The van der Waals surface area contributed by atoms with Crippen LogP contribution in [0.1, 0.15) is 13.3 Å². The smallest absolute Gasteiger partial charge is 0.153 e. The SMILES string of the molecule is CCCS[Si](C)(Cl)Cl. The Morgan fingerprint density at radius 3 is 2.12 bits per heavy atom. The molecule has 0 N–H and O–H groups in total. The molecule has 50 valence electrons. The van der Waals surface area contributed by atoms with Crippen LogP contribution in [0.5, 0.6) is 0 Å². The van der Waals surface area contributed by atoms with E-state index in [2.05, 4.69) is 6.92 Å². The summed E-state index contributed by atoms with van der Waals surface area (Å²) in [6, 6.07) is 0. The van der Waals surface area contributed by atoms with E-state index in [0.717, 1.165) is 12.2 Å². The summed E-state index contributed by atoms with van der Waals surface area (Å²) in [6.07, 6.45) is 1.16. The van der Waals surface area contributed by atoms with E-state index in [9.17, 15) is 0 Å². The highest BCUT2D eigenvalue weighted by molar-refractivity contribution is 8.38. The molecule has 0 saturated carbocycles. The fourth-order valence-corrected chi connectivity index (χ4v) is 3.92. The molecule has 0 saturated heterocycles. The second-order valence-corrected chi connectivity index (χ2v) is 13.7. The summed E-state index contributed by atoms with van der Waals surface area (Å²) in [4.78, 5) is 0. The van der Waals surface area contributed by atoms with Gasteiger partial charge in [0.2, 0.25) is 0 Å². The van der Waals surface area contributed by atoms with Gasteiger partial charge in [-0.3, -0.25) is 0 Å². The summed E-state index contributed by atoms with van der Waals surface area (Å²) in [5.74, 6) is -0.724. The molecule has 0 aromatic heterocycles. The fourth-order valence-electron chi connectivity index (χ4n) is 0.281. The van der Waals surface area contributed by atoms with Crippen LogP contribution >= 0.6 is 33.4 Å². The molecule has 0 aliphatic heterocycles. The van der Waals surface area contributed by atoms with Gasteiger partial charge in [-0.1, -0.05) is 6.92 Å². The van der Waals surface area contributed by atoms with E-state index in [1.165, 1.54) is 0 Å². The van der Waals surface area contributed by atoms with Gasteiger partial charge in [0, 0.05) is 0 Å². The lowest BCUT2D eigenvalue weighted by Crippen LogP contribution is -2.06. The molecular formula is C4H10Cl2SSi. The van der Waals surface area contributed by atoms with Crippen LogP contribution in [0.25, 0.3) is 0 Å². The van der Waals surface area contributed by atoms with Crippen molar-refractivity contribution in [1.82, 2.24) is 0 Å². The summed E-state index contributed by atoms with van der Waals surface area (Å²) >= 11 is 13.3. The average molecular weight is 189 g/mol. The Kier molecular flexibility index (Phi) is 4.62. The second-order valence-electron chi connectivity index (χ2n) is 1.66. The monoisotopic (exact) mass is 188 g/mol. The first kappa shape index (κ1) is 9.15. The van der Waals surface area contributed by atoms with Gasteiger partial charge in [-0.25, -0.2) is 0 Å². The maximum absolute atomic E-state index is 5.78. The van der Waals surface area contributed by atoms with E-state index in [4.69, 9.17) is 22.2 Å². The molecule has 4 heteroatoms. The molecule has 0 aromatic rings. The molecule has 0 amide bonds. The highest BCUT2D eigenvalue weighted by Gasteiger charge is 2.19. The maximum atomic E-state index is 5.78. The van der Waals surface area contributed by atoms with Crippen LogP contribution in [0.3, 0.4) is 0 Å². The minimum absolute atomic E-state index is 1.09. The Morgan fingerprint density at radius 1 is 1.50 bits per heavy atom. The highest BCUT2D eigenvalue weighted by atomic mass is 35.7. The molecule has 0 spiro atoms. The number of hydrogen-bond acceptors (Lipinski definition) is 1. The Balaban J connectivity index is 3.11. The summed E-state index contributed by atoms with van der Waals surface area (Å²) in [5.41, 5.74) is 0. The van der Waals surface area contributed by atoms with E-state index in [1.807, 2.05) is 6.55 Å². The summed E-state index contributed by atoms with van der Waals surface area (Å²) in [5, 5.41) is 0. The second kappa shape index (κ2) is 4.04. The Bertz CT molecular complexity index is 61.5. The van der Waals surface area contributed by atoms with Crippen LogP contribution in [0.4, 0.5) is 0 Å². The lowest BCUT2D eigenvalue weighted by Gasteiger charge is -2.06. The molecule has 0 aromatic carbocycles. The molecular weight excluding hydrogens is 179 g/mol. The maximum Gasteiger partial charge on any atom is 0.305 e. The summed E-state index contributed by atoms with van der Waals surface area (Å²) < 4.78 is 0. The van der Waals surface area contributed by atoms with Crippen molar-refractivity contribution >= 4 is 39.2 Å². The van der Waals surface area contributed by atoms with Gasteiger partial charge in [-0.15, -0.1) is 22.2 Å². The van der Waals surface area contributed by atoms with Crippen LogP contribution in [0.2, 0.25) is 6.55 Å². The molecule has 0 bridgehead atoms. The van der Waals surface area contributed by atoms with Crippen molar-refractivity contribution in [3.63, 3.8) is 0 Å². The molecule has 8 heavy (non-hydrogen) atoms. The third-order valence-corrected chi connectivity index (χ3v) is 5.78. The van der Waals surface area contributed by atoms with E-state index in [-0.39, 0.29) is 0 Å². The van der Waals surface area contributed by atoms with E-state index in [1.54, 1.807) is 11.2 Å². The summed E-state index contributed by atoms with van der Waals surface area (Å²) in [7, 11) is 0. The van der Waals surface area contributed by atoms with Crippen molar-refractivity contribution in [1.29, 1.82) is 0 Å². The standard InChI is InChI=1S/C4H10Cl2SSi/c1-3-4-7-8(2,5)6/h3-4H2,1-2H3. The van der Waals surface area contributed by atoms with Crippen LogP contribution in [0, 0.1) is 0 Å². The first-order valence-electron chi connectivity index (χ1n) is 2.58. The van der Waals surface area contributed by atoms with Crippen molar-refractivity contribution in [2.45, 2.75) is 19.9 Å². The topological polar surface area (TPSA) is 0 Å². The van der Waals surface area contributed by atoms with E-state index < -0.39 is 5.84 Å². The minimum Gasteiger partial charge on any atom is -0.153 e. The average Bonchev–Trinajstić information content (AvgIpc) is 1.59. The number of halogens is 2. The largest absolute Gasteiger partial charge is 0.305 e. The van der Waals surface area contributed by atoms with Crippen molar-refractivity contribution in [3.8, 4) is 0 Å². The quantitative estimate of drug-likeness (QED) is 0.485. The van der Waals surface area contributed by atoms with Gasteiger partial charge >= 0.3 is 5.84 Å². The molecule has 0 unspecified atom stereocenters. The zero-order chi connectivity index (χ0) is 6.62. The van der Waals surface area contributed by atoms with Gasteiger partial charge in [0.05, 0.1) is 0 Å².